The molecule has 3 saturated heterocycles. The normalized spacial score (nSPS) is 19.6. The summed E-state index contributed by atoms with van der Waals surface area (Å²) in [6, 6.07) is 15.8. The summed E-state index contributed by atoms with van der Waals surface area (Å²) in [6.07, 6.45) is 5.22. The van der Waals surface area contributed by atoms with Gasteiger partial charge in [0.25, 0.3) is 5.91 Å². The van der Waals surface area contributed by atoms with Gasteiger partial charge in [-0.3, -0.25) is 14.7 Å². The molecule has 4 aromatic rings. The van der Waals surface area contributed by atoms with E-state index in [2.05, 4.69) is 15.2 Å². The molecule has 15 heteroatoms. The average Bonchev–Trinajstić information content (AvgIpc) is 4.05. The Kier molecular flexibility index (Phi) is 12.8. The van der Waals surface area contributed by atoms with Crippen LogP contribution in [0.2, 0.25) is 10.0 Å². The van der Waals surface area contributed by atoms with Crippen LogP contribution in [0.5, 0.6) is 17.2 Å². The fourth-order valence-corrected chi connectivity index (χ4v) is 7.72. The number of pyridine rings is 1. The standard InChI is InChI=1S/C42H41Cl2F2N3O8/c1-53-33-8-3-2-7-29(33)38(41(52)56-37-22-49-15-13-25(37)14-16-49)48-39(50)27-5-4-6-28(17-27)40(51)55-35(19-30-31(43)20-47-21-32(30)44)26-11-12-34(57-42(45)46)36(18-26)54-23-24-9-10-24/h2-8,11-12,17-18,20-21,24-25,35,37-38,42H,9-10,13-16,19,22-23H2,1H3,(H,48,50)/t35-,37-,38?/m0/s1. The molecule has 1 amide bonds. The second-order valence-electron chi connectivity index (χ2n) is 14.4. The smallest absolute Gasteiger partial charge is 0.387 e. The first kappa shape index (κ1) is 40.2. The summed E-state index contributed by atoms with van der Waals surface area (Å²) in [5.41, 5.74) is 1.32. The molecule has 1 unspecified atom stereocenters. The zero-order chi connectivity index (χ0) is 40.1. The molecule has 4 fully saturated rings. The minimum Gasteiger partial charge on any atom is -0.496 e. The van der Waals surface area contributed by atoms with Gasteiger partial charge in [-0.25, -0.2) is 9.59 Å². The maximum atomic E-state index is 13.9. The zero-order valence-electron chi connectivity index (χ0n) is 31.0. The van der Waals surface area contributed by atoms with Crippen LogP contribution in [0.4, 0.5) is 8.78 Å². The lowest BCUT2D eigenvalue weighted by molar-refractivity contribution is -0.161. The summed E-state index contributed by atoms with van der Waals surface area (Å²) < 4.78 is 54.9. The topological polar surface area (TPSA) is 126 Å². The van der Waals surface area contributed by atoms with Crippen LogP contribution < -0.4 is 19.5 Å². The van der Waals surface area contributed by atoms with Gasteiger partial charge in [-0.1, -0.05) is 53.5 Å². The van der Waals surface area contributed by atoms with Crippen molar-refractivity contribution in [1.82, 2.24) is 15.2 Å². The van der Waals surface area contributed by atoms with Gasteiger partial charge in [0.05, 0.1) is 29.3 Å². The van der Waals surface area contributed by atoms with E-state index in [9.17, 15) is 23.2 Å². The Morgan fingerprint density at radius 3 is 2.32 bits per heavy atom. The highest BCUT2D eigenvalue weighted by Gasteiger charge is 2.39. The molecule has 3 aliphatic heterocycles. The van der Waals surface area contributed by atoms with Crippen molar-refractivity contribution in [2.75, 3.05) is 33.4 Å². The molecule has 4 aliphatic rings. The van der Waals surface area contributed by atoms with Gasteiger partial charge in [0.1, 0.15) is 18.0 Å². The molecule has 4 heterocycles. The molecule has 3 aromatic carbocycles. The van der Waals surface area contributed by atoms with Crippen molar-refractivity contribution < 1.29 is 46.8 Å². The minimum absolute atomic E-state index is 0.0196. The van der Waals surface area contributed by atoms with Gasteiger partial charge in [0.2, 0.25) is 0 Å². The van der Waals surface area contributed by atoms with Crippen LogP contribution >= 0.6 is 23.2 Å². The van der Waals surface area contributed by atoms with Crippen LogP contribution in [0.3, 0.4) is 0 Å². The molecule has 8 rings (SSSR count). The molecule has 3 atom stereocenters. The van der Waals surface area contributed by atoms with E-state index in [0.717, 1.165) is 38.8 Å². The number of alkyl halides is 2. The van der Waals surface area contributed by atoms with E-state index >= 15 is 0 Å². The number of amides is 1. The number of carbonyl (C=O) groups excluding carboxylic acids is 3. The third kappa shape index (κ3) is 9.95. The number of esters is 2. The number of hydrogen-bond donors (Lipinski definition) is 1. The van der Waals surface area contributed by atoms with E-state index in [4.69, 9.17) is 46.9 Å². The van der Waals surface area contributed by atoms with Crippen molar-refractivity contribution in [3.05, 3.63) is 117 Å². The highest BCUT2D eigenvalue weighted by Crippen LogP contribution is 2.38. The number of para-hydroxylation sites is 1. The molecule has 300 valence electrons. The van der Waals surface area contributed by atoms with E-state index in [1.165, 1.54) is 62.0 Å². The lowest BCUT2D eigenvalue weighted by Gasteiger charge is -2.44. The van der Waals surface area contributed by atoms with Gasteiger partial charge in [-0.15, -0.1) is 0 Å². The maximum Gasteiger partial charge on any atom is 0.387 e. The lowest BCUT2D eigenvalue weighted by Crippen LogP contribution is -2.52. The zero-order valence-corrected chi connectivity index (χ0v) is 32.5. The molecule has 1 N–H and O–H groups in total. The number of halogens is 4. The van der Waals surface area contributed by atoms with Crippen LogP contribution in [-0.2, 0) is 20.7 Å². The van der Waals surface area contributed by atoms with Gasteiger partial charge in [-0.2, -0.15) is 8.78 Å². The van der Waals surface area contributed by atoms with Gasteiger partial charge in [0.15, 0.2) is 17.5 Å². The van der Waals surface area contributed by atoms with Gasteiger partial charge in [0, 0.05) is 36.5 Å². The Labute approximate surface area is 338 Å². The molecule has 1 aromatic heterocycles. The average molecular weight is 825 g/mol. The van der Waals surface area contributed by atoms with Crippen molar-refractivity contribution >= 4 is 41.0 Å². The van der Waals surface area contributed by atoms with Crippen LogP contribution in [0.25, 0.3) is 0 Å². The molecule has 1 saturated carbocycles. The second-order valence-corrected chi connectivity index (χ2v) is 15.2. The Hall–Kier alpha value is -4.98. The molecule has 2 bridgehead atoms. The summed E-state index contributed by atoms with van der Waals surface area (Å²) >= 11 is 12.9. The second kappa shape index (κ2) is 18.1. The quantitative estimate of drug-likeness (QED) is 0.111. The first-order chi connectivity index (χ1) is 27.6. The molecule has 1 aliphatic carbocycles. The van der Waals surface area contributed by atoms with Crippen molar-refractivity contribution in [3.8, 4) is 17.2 Å². The number of rotatable bonds is 16. The van der Waals surface area contributed by atoms with Gasteiger partial charge in [-0.05, 0) is 98.1 Å². The number of methoxy groups -OCH3 is 1. The highest BCUT2D eigenvalue weighted by molar-refractivity contribution is 6.35. The monoisotopic (exact) mass is 823 g/mol. The highest BCUT2D eigenvalue weighted by atomic mass is 35.5. The Morgan fingerprint density at radius 2 is 1.63 bits per heavy atom. The number of carbonyl (C=O) groups is 3. The van der Waals surface area contributed by atoms with Crippen LogP contribution in [0.1, 0.15) is 75.2 Å². The molecule has 57 heavy (non-hydrogen) atoms. The third-order valence-corrected chi connectivity index (χ3v) is 11.2. The van der Waals surface area contributed by atoms with Gasteiger partial charge >= 0.3 is 18.6 Å². The fraction of sp³-hybridized carbons (Fsp3) is 0.381. The number of nitrogens with zero attached hydrogens (tertiary/aromatic N) is 2. The van der Waals surface area contributed by atoms with E-state index < -0.39 is 36.6 Å². The first-order valence-corrected chi connectivity index (χ1v) is 19.5. The maximum absolute atomic E-state index is 13.9. The minimum atomic E-state index is -3.09. The van der Waals surface area contributed by atoms with Gasteiger partial charge < -0.3 is 29.0 Å². The number of benzene rings is 3. The predicted molar refractivity (Wildman–Crippen MR) is 206 cm³/mol. The van der Waals surface area contributed by atoms with Crippen molar-refractivity contribution in [2.45, 2.75) is 57.0 Å². The van der Waals surface area contributed by atoms with Crippen molar-refractivity contribution in [3.63, 3.8) is 0 Å². The Balaban J connectivity index is 1.14. The molecular weight excluding hydrogens is 783 g/mol. The first-order valence-electron chi connectivity index (χ1n) is 18.7. The largest absolute Gasteiger partial charge is 0.496 e. The number of hydrogen-bond acceptors (Lipinski definition) is 10. The molecule has 0 spiro atoms. The van der Waals surface area contributed by atoms with E-state index in [1.54, 1.807) is 24.3 Å². The molecule has 0 radical (unpaired) electrons. The van der Waals surface area contributed by atoms with Crippen LogP contribution in [-0.4, -0.2) is 73.8 Å². The van der Waals surface area contributed by atoms with Crippen LogP contribution in [0, 0.1) is 11.8 Å². The summed E-state index contributed by atoms with van der Waals surface area (Å²) in [5, 5.41) is 3.26. The Bertz CT molecular complexity index is 2080. The van der Waals surface area contributed by atoms with E-state index in [1.807, 2.05) is 0 Å². The summed E-state index contributed by atoms with van der Waals surface area (Å²) in [7, 11) is 1.48. The van der Waals surface area contributed by atoms with Crippen LogP contribution in [0.15, 0.2) is 79.1 Å². The molecular formula is C42H41Cl2F2N3O8. The Morgan fingerprint density at radius 1 is 0.895 bits per heavy atom. The number of piperidine rings is 3. The third-order valence-electron chi connectivity index (χ3n) is 10.5. The molecule has 11 nitrogen and oxygen atoms in total. The van der Waals surface area contributed by atoms with Crippen molar-refractivity contribution in [2.24, 2.45) is 11.8 Å². The predicted octanol–water partition coefficient (Wildman–Crippen LogP) is 8.04. The number of ether oxygens (including phenoxy) is 5. The fourth-order valence-electron chi connectivity index (χ4n) is 7.20. The SMILES string of the molecule is COc1ccccc1C(NC(=O)c1cccc(C(=O)O[C@@H](Cc2c(Cl)cncc2Cl)c2ccc(OC(F)F)c(OCC3CC3)c2)c1)C(=O)O[C@H]1CN2CCC1CC2. The summed E-state index contributed by atoms with van der Waals surface area (Å²) in [4.78, 5) is 48.0. The summed E-state index contributed by atoms with van der Waals surface area (Å²) in [6.45, 7) is -0.216. The number of aromatic nitrogens is 1. The lowest BCUT2D eigenvalue weighted by atomic mass is 9.86. The number of nitrogens with one attached hydrogen (secondary N) is 1. The van der Waals surface area contributed by atoms with E-state index in [0.29, 0.717) is 41.5 Å². The number of fused-ring (bicyclic) bond motifs is 3. The van der Waals surface area contributed by atoms with E-state index in [-0.39, 0.29) is 51.1 Å². The van der Waals surface area contributed by atoms with Crippen molar-refractivity contribution in [1.29, 1.82) is 0 Å². The summed E-state index contributed by atoms with van der Waals surface area (Å²) in [5.74, 6) is -1.25.